The number of thiophene rings is 1. The number of benzene rings is 8. The second-order valence-electron chi connectivity index (χ2n) is 14.6. The molecule has 2 heteroatoms. The molecular formula is C51H37NS. The van der Waals surface area contributed by atoms with Crippen molar-refractivity contribution in [2.45, 2.75) is 19.3 Å². The van der Waals surface area contributed by atoms with Gasteiger partial charge in [-0.2, -0.15) is 0 Å². The molecule has 0 amide bonds. The van der Waals surface area contributed by atoms with E-state index in [1.54, 1.807) is 0 Å². The Morgan fingerprint density at radius 3 is 1.75 bits per heavy atom. The highest BCUT2D eigenvalue weighted by atomic mass is 32.1. The summed E-state index contributed by atoms with van der Waals surface area (Å²) < 4.78 is 2.66. The molecule has 0 saturated carbocycles. The quantitative estimate of drug-likeness (QED) is 0.167. The predicted octanol–water partition coefficient (Wildman–Crippen LogP) is 14.8. The van der Waals surface area contributed by atoms with E-state index < -0.39 is 0 Å². The van der Waals surface area contributed by atoms with Crippen molar-refractivity contribution in [1.29, 1.82) is 0 Å². The molecule has 53 heavy (non-hydrogen) atoms. The number of hydrogen-bond acceptors (Lipinski definition) is 2. The lowest BCUT2D eigenvalue weighted by Gasteiger charge is -2.26. The summed E-state index contributed by atoms with van der Waals surface area (Å²) in [5, 5.41) is 2.66. The molecule has 1 aliphatic rings. The molecule has 252 valence electrons. The molecular weight excluding hydrogens is 659 g/mol. The maximum atomic E-state index is 2.39. The molecule has 1 heterocycles. The zero-order valence-electron chi connectivity index (χ0n) is 29.8. The van der Waals surface area contributed by atoms with Crippen LogP contribution in [0.1, 0.15) is 25.0 Å². The smallest absolute Gasteiger partial charge is 0.0467 e. The third-order valence-electron chi connectivity index (χ3n) is 11.1. The second-order valence-corrected chi connectivity index (χ2v) is 15.7. The fourth-order valence-electron chi connectivity index (χ4n) is 8.34. The Bertz CT molecular complexity index is 2810. The predicted molar refractivity (Wildman–Crippen MR) is 228 cm³/mol. The van der Waals surface area contributed by atoms with Crippen LogP contribution in [-0.4, -0.2) is 0 Å². The summed E-state index contributed by atoms with van der Waals surface area (Å²) in [6.45, 7) is 4.68. The second kappa shape index (κ2) is 12.5. The van der Waals surface area contributed by atoms with E-state index in [0.717, 1.165) is 17.1 Å². The van der Waals surface area contributed by atoms with E-state index in [1.807, 2.05) is 11.3 Å². The van der Waals surface area contributed by atoms with Gasteiger partial charge in [0.25, 0.3) is 0 Å². The Morgan fingerprint density at radius 1 is 0.358 bits per heavy atom. The maximum Gasteiger partial charge on any atom is 0.0467 e. The lowest BCUT2D eigenvalue weighted by Crippen LogP contribution is -2.14. The molecule has 1 nitrogen and oxygen atoms in total. The maximum absolute atomic E-state index is 2.39. The molecule has 9 aromatic rings. The molecule has 0 bridgehead atoms. The summed E-state index contributed by atoms with van der Waals surface area (Å²) in [7, 11) is 0. The van der Waals surface area contributed by atoms with E-state index in [4.69, 9.17) is 0 Å². The SMILES string of the molecule is CC1(C)c2ccccc2-c2cc(-c3cccc(-c4cccc(N(c5ccccc5)c5ccc(-c6ccc7c(c6)sc6ccccc67)cc5)c4)c3)ccc21. The Balaban J connectivity index is 0.994. The van der Waals surface area contributed by atoms with E-state index in [9.17, 15) is 0 Å². The topological polar surface area (TPSA) is 3.24 Å². The van der Waals surface area contributed by atoms with Crippen molar-refractivity contribution in [3.8, 4) is 44.5 Å². The minimum atomic E-state index is 0.00561. The first kappa shape index (κ1) is 31.5. The van der Waals surface area contributed by atoms with Crippen LogP contribution in [0.25, 0.3) is 64.7 Å². The minimum absolute atomic E-state index is 0.00561. The highest BCUT2D eigenvalue weighted by Gasteiger charge is 2.35. The van der Waals surface area contributed by atoms with Crippen molar-refractivity contribution in [3.05, 3.63) is 199 Å². The van der Waals surface area contributed by atoms with Gasteiger partial charge in [0.2, 0.25) is 0 Å². The average Bonchev–Trinajstić information content (AvgIpc) is 3.70. The van der Waals surface area contributed by atoms with E-state index in [0.29, 0.717) is 0 Å². The third-order valence-corrected chi connectivity index (χ3v) is 12.2. The van der Waals surface area contributed by atoms with Crippen molar-refractivity contribution >= 4 is 48.6 Å². The van der Waals surface area contributed by atoms with Gasteiger partial charge in [-0.3, -0.25) is 0 Å². The van der Waals surface area contributed by atoms with Crippen molar-refractivity contribution in [2.75, 3.05) is 4.90 Å². The summed E-state index contributed by atoms with van der Waals surface area (Å²) in [6, 6.07) is 69.0. The van der Waals surface area contributed by atoms with Crippen LogP contribution < -0.4 is 4.90 Å². The van der Waals surface area contributed by atoms with E-state index in [1.165, 1.54) is 75.8 Å². The first-order chi connectivity index (χ1) is 26.0. The van der Waals surface area contributed by atoms with Gasteiger partial charge in [-0.15, -0.1) is 11.3 Å². The van der Waals surface area contributed by atoms with Gasteiger partial charge in [-0.25, -0.2) is 0 Å². The zero-order valence-corrected chi connectivity index (χ0v) is 30.6. The molecule has 0 saturated heterocycles. The largest absolute Gasteiger partial charge is 0.310 e. The Labute approximate surface area is 315 Å². The van der Waals surface area contributed by atoms with Crippen LogP contribution >= 0.6 is 11.3 Å². The molecule has 0 unspecified atom stereocenters. The summed E-state index contributed by atoms with van der Waals surface area (Å²) in [4.78, 5) is 2.35. The number of hydrogen-bond donors (Lipinski definition) is 0. The van der Waals surface area contributed by atoms with Gasteiger partial charge in [0.05, 0.1) is 0 Å². The number of rotatable bonds is 6. The van der Waals surface area contributed by atoms with Gasteiger partial charge in [0, 0.05) is 42.6 Å². The highest BCUT2D eigenvalue weighted by Crippen LogP contribution is 2.49. The van der Waals surface area contributed by atoms with Gasteiger partial charge in [-0.05, 0) is 116 Å². The van der Waals surface area contributed by atoms with Crippen molar-refractivity contribution in [2.24, 2.45) is 0 Å². The van der Waals surface area contributed by atoms with Gasteiger partial charge >= 0.3 is 0 Å². The lowest BCUT2D eigenvalue weighted by atomic mass is 9.82. The molecule has 8 aromatic carbocycles. The van der Waals surface area contributed by atoms with Crippen LogP contribution in [0.3, 0.4) is 0 Å². The fraction of sp³-hybridized carbons (Fsp3) is 0.0588. The molecule has 0 aliphatic heterocycles. The standard InChI is InChI=1S/C51H37NS/c1-51(2)47-20-8-6-18-43(47)46-32-38(25-29-48(46)51)36-13-10-12-35(30-36)37-14-11-17-42(31-37)52(40-15-4-3-5-16-40)41-26-22-34(23-27-41)39-24-28-45-44-19-7-9-21-49(44)53-50(45)33-39/h3-33H,1-2H3. The van der Waals surface area contributed by atoms with Gasteiger partial charge in [0.1, 0.15) is 0 Å². The number of para-hydroxylation sites is 1. The molecule has 0 atom stereocenters. The van der Waals surface area contributed by atoms with Crippen molar-refractivity contribution < 1.29 is 0 Å². The molecule has 0 N–H and O–H groups in total. The molecule has 0 spiro atoms. The number of nitrogens with zero attached hydrogens (tertiary/aromatic N) is 1. The zero-order chi connectivity index (χ0) is 35.5. The van der Waals surface area contributed by atoms with Crippen LogP contribution in [0.15, 0.2) is 188 Å². The minimum Gasteiger partial charge on any atom is -0.310 e. The van der Waals surface area contributed by atoms with Crippen LogP contribution in [0.2, 0.25) is 0 Å². The van der Waals surface area contributed by atoms with Crippen molar-refractivity contribution in [1.82, 2.24) is 0 Å². The number of fused-ring (bicyclic) bond motifs is 6. The van der Waals surface area contributed by atoms with Gasteiger partial charge < -0.3 is 4.90 Å². The summed E-state index contributed by atoms with van der Waals surface area (Å²) >= 11 is 1.87. The monoisotopic (exact) mass is 695 g/mol. The third kappa shape index (κ3) is 5.37. The number of anilines is 3. The Morgan fingerprint density at radius 2 is 0.925 bits per heavy atom. The van der Waals surface area contributed by atoms with Crippen LogP contribution in [0, 0.1) is 0 Å². The van der Waals surface area contributed by atoms with E-state index in [-0.39, 0.29) is 5.41 Å². The van der Waals surface area contributed by atoms with E-state index >= 15 is 0 Å². The first-order valence-corrected chi connectivity index (χ1v) is 19.2. The Hall–Kier alpha value is -6.22. The average molecular weight is 696 g/mol. The van der Waals surface area contributed by atoms with Gasteiger partial charge in [-0.1, -0.05) is 141 Å². The molecule has 1 aliphatic carbocycles. The molecule has 1 aromatic heterocycles. The summed E-state index contributed by atoms with van der Waals surface area (Å²) in [5.74, 6) is 0. The normalized spacial score (nSPS) is 12.9. The molecule has 0 radical (unpaired) electrons. The van der Waals surface area contributed by atoms with Crippen LogP contribution in [0.4, 0.5) is 17.1 Å². The van der Waals surface area contributed by atoms with Crippen molar-refractivity contribution in [3.63, 3.8) is 0 Å². The van der Waals surface area contributed by atoms with Gasteiger partial charge in [0.15, 0.2) is 0 Å². The first-order valence-electron chi connectivity index (χ1n) is 18.3. The summed E-state index contributed by atoms with van der Waals surface area (Å²) in [6.07, 6.45) is 0. The van der Waals surface area contributed by atoms with Crippen LogP contribution in [-0.2, 0) is 5.41 Å². The Kier molecular flexibility index (Phi) is 7.42. The highest BCUT2D eigenvalue weighted by molar-refractivity contribution is 7.25. The molecule has 0 fully saturated rings. The fourth-order valence-corrected chi connectivity index (χ4v) is 9.48. The molecule has 10 rings (SSSR count). The van der Waals surface area contributed by atoms with Crippen LogP contribution in [0.5, 0.6) is 0 Å². The van der Waals surface area contributed by atoms with E-state index in [2.05, 4.69) is 207 Å². The lowest BCUT2D eigenvalue weighted by molar-refractivity contribution is 0.660. The summed E-state index contributed by atoms with van der Waals surface area (Å²) in [5.41, 5.74) is 16.2.